The number of fused-ring (bicyclic) bond motifs is 1. The smallest absolute Gasteiger partial charge is 0.123 e. The van der Waals surface area contributed by atoms with Crippen molar-refractivity contribution < 1.29 is 9.13 Å². The second-order valence-electron chi connectivity index (χ2n) is 4.68. The van der Waals surface area contributed by atoms with Crippen LogP contribution in [0.5, 0.6) is 5.75 Å². The molecule has 0 amide bonds. The van der Waals surface area contributed by atoms with Gasteiger partial charge in [-0.2, -0.15) is 0 Å². The maximum Gasteiger partial charge on any atom is 0.123 e. The van der Waals surface area contributed by atoms with Gasteiger partial charge in [-0.05, 0) is 48.0 Å². The highest BCUT2D eigenvalue weighted by atomic mass is 19.1. The summed E-state index contributed by atoms with van der Waals surface area (Å²) in [5, 5.41) is 1.04. The number of pyridine rings is 1. The van der Waals surface area contributed by atoms with Gasteiger partial charge >= 0.3 is 0 Å². The van der Waals surface area contributed by atoms with Gasteiger partial charge in [-0.25, -0.2) is 9.37 Å². The summed E-state index contributed by atoms with van der Waals surface area (Å²) in [6, 6.07) is 16.1. The zero-order chi connectivity index (χ0) is 14.7. The Kier molecular flexibility index (Phi) is 3.65. The average Bonchev–Trinajstić information content (AvgIpc) is 2.53. The summed E-state index contributed by atoms with van der Waals surface area (Å²) in [6.45, 7) is 0. The molecule has 3 heteroatoms. The largest absolute Gasteiger partial charge is 0.497 e. The van der Waals surface area contributed by atoms with Crippen molar-refractivity contribution >= 4 is 23.1 Å². The molecule has 0 N–H and O–H groups in total. The molecule has 0 spiro atoms. The summed E-state index contributed by atoms with van der Waals surface area (Å²) >= 11 is 0. The molecule has 104 valence electrons. The van der Waals surface area contributed by atoms with Crippen molar-refractivity contribution in [2.45, 2.75) is 0 Å². The molecule has 0 aliphatic carbocycles. The Labute approximate surface area is 122 Å². The number of halogens is 1. The molecule has 3 aromatic rings. The topological polar surface area (TPSA) is 22.1 Å². The number of aromatic nitrogens is 1. The van der Waals surface area contributed by atoms with E-state index in [1.54, 1.807) is 19.2 Å². The standard InChI is InChI=1S/C18H14FNO/c1-21-17-10-11-18-14(12-17)5-9-16(20-18)8-4-13-2-6-15(19)7-3-13/h2-12H,1H3/b8-4+. The third-order valence-electron chi connectivity index (χ3n) is 3.23. The minimum absolute atomic E-state index is 0.232. The van der Waals surface area contributed by atoms with E-state index in [9.17, 15) is 4.39 Å². The molecule has 2 aromatic carbocycles. The second-order valence-corrected chi connectivity index (χ2v) is 4.68. The van der Waals surface area contributed by atoms with Crippen LogP contribution in [0, 0.1) is 5.82 Å². The Morgan fingerprint density at radius 3 is 2.52 bits per heavy atom. The zero-order valence-corrected chi connectivity index (χ0v) is 11.6. The summed E-state index contributed by atoms with van der Waals surface area (Å²) in [5.41, 5.74) is 2.71. The molecular weight excluding hydrogens is 265 g/mol. The van der Waals surface area contributed by atoms with E-state index in [2.05, 4.69) is 4.98 Å². The molecule has 0 aliphatic rings. The lowest BCUT2D eigenvalue weighted by Crippen LogP contribution is -1.86. The fourth-order valence-corrected chi connectivity index (χ4v) is 2.09. The van der Waals surface area contributed by atoms with Crippen molar-refractivity contribution in [3.05, 3.63) is 71.7 Å². The fraction of sp³-hybridized carbons (Fsp3) is 0.0556. The van der Waals surface area contributed by atoms with Gasteiger partial charge in [-0.15, -0.1) is 0 Å². The Hall–Kier alpha value is -2.68. The third-order valence-corrected chi connectivity index (χ3v) is 3.23. The normalized spacial score (nSPS) is 11.1. The Bertz CT molecular complexity index is 794. The molecule has 0 bridgehead atoms. The summed E-state index contributed by atoms with van der Waals surface area (Å²) in [5.74, 6) is 0.587. The molecular formula is C18H14FNO. The lowest BCUT2D eigenvalue weighted by molar-refractivity contribution is 0.415. The van der Waals surface area contributed by atoms with Gasteiger partial charge in [0.15, 0.2) is 0 Å². The van der Waals surface area contributed by atoms with E-state index in [1.807, 2.05) is 42.5 Å². The van der Waals surface area contributed by atoms with Crippen molar-refractivity contribution in [2.75, 3.05) is 7.11 Å². The highest BCUT2D eigenvalue weighted by Crippen LogP contribution is 2.20. The maximum absolute atomic E-state index is 12.8. The van der Waals surface area contributed by atoms with Crippen molar-refractivity contribution in [2.24, 2.45) is 0 Å². The summed E-state index contributed by atoms with van der Waals surface area (Å²) in [6.07, 6.45) is 3.83. The fourth-order valence-electron chi connectivity index (χ4n) is 2.09. The second kappa shape index (κ2) is 5.75. The number of rotatable bonds is 3. The number of ether oxygens (including phenoxy) is 1. The zero-order valence-electron chi connectivity index (χ0n) is 11.6. The van der Waals surface area contributed by atoms with Crippen LogP contribution < -0.4 is 4.74 Å². The first-order valence-corrected chi connectivity index (χ1v) is 6.63. The summed E-state index contributed by atoms with van der Waals surface area (Å²) in [4.78, 5) is 4.57. The molecule has 2 nitrogen and oxygen atoms in total. The number of nitrogens with zero attached hydrogens (tertiary/aromatic N) is 1. The predicted octanol–water partition coefficient (Wildman–Crippen LogP) is 4.55. The van der Waals surface area contributed by atoms with Gasteiger partial charge in [0, 0.05) is 5.39 Å². The van der Waals surface area contributed by atoms with Gasteiger partial charge in [0.1, 0.15) is 11.6 Å². The van der Waals surface area contributed by atoms with Gasteiger partial charge in [0.25, 0.3) is 0 Å². The van der Waals surface area contributed by atoms with Crippen molar-refractivity contribution in [1.82, 2.24) is 4.98 Å². The minimum Gasteiger partial charge on any atom is -0.497 e. The van der Waals surface area contributed by atoms with Crippen LogP contribution >= 0.6 is 0 Å². The van der Waals surface area contributed by atoms with Gasteiger partial charge in [-0.3, -0.25) is 0 Å². The van der Waals surface area contributed by atoms with Crippen molar-refractivity contribution in [1.29, 1.82) is 0 Å². The molecule has 3 rings (SSSR count). The van der Waals surface area contributed by atoms with Gasteiger partial charge in [-0.1, -0.05) is 24.3 Å². The molecule has 0 unspecified atom stereocenters. The Balaban J connectivity index is 1.88. The first-order valence-electron chi connectivity index (χ1n) is 6.63. The Morgan fingerprint density at radius 2 is 1.76 bits per heavy atom. The van der Waals surface area contributed by atoms with E-state index in [0.29, 0.717) is 0 Å². The minimum atomic E-state index is -0.232. The molecule has 1 aromatic heterocycles. The van der Waals surface area contributed by atoms with E-state index in [-0.39, 0.29) is 5.82 Å². The van der Waals surface area contributed by atoms with E-state index >= 15 is 0 Å². The van der Waals surface area contributed by atoms with Crippen molar-refractivity contribution in [3.8, 4) is 5.75 Å². The molecule has 0 atom stereocenters. The van der Waals surface area contributed by atoms with Crippen LogP contribution in [0.25, 0.3) is 23.1 Å². The van der Waals surface area contributed by atoms with E-state index in [4.69, 9.17) is 4.74 Å². The summed E-state index contributed by atoms with van der Waals surface area (Å²) in [7, 11) is 1.65. The van der Waals surface area contributed by atoms with Crippen LogP contribution in [-0.2, 0) is 0 Å². The van der Waals surface area contributed by atoms with Crippen LogP contribution in [0.4, 0.5) is 4.39 Å². The lowest BCUT2D eigenvalue weighted by atomic mass is 10.1. The SMILES string of the molecule is COc1ccc2nc(/C=C/c3ccc(F)cc3)ccc2c1. The molecule has 0 saturated carbocycles. The maximum atomic E-state index is 12.8. The first kappa shape index (κ1) is 13.3. The van der Waals surface area contributed by atoms with E-state index in [1.165, 1.54) is 12.1 Å². The van der Waals surface area contributed by atoms with Crippen LogP contribution in [0.1, 0.15) is 11.3 Å². The number of benzene rings is 2. The van der Waals surface area contributed by atoms with Gasteiger partial charge in [0.05, 0.1) is 18.3 Å². The number of hydrogen-bond acceptors (Lipinski definition) is 2. The Morgan fingerprint density at radius 1 is 0.952 bits per heavy atom. The molecule has 0 radical (unpaired) electrons. The summed E-state index contributed by atoms with van der Waals surface area (Å²) < 4.78 is 18.0. The molecule has 0 saturated heterocycles. The molecule has 0 aliphatic heterocycles. The average molecular weight is 279 g/mol. The van der Waals surface area contributed by atoms with Gasteiger partial charge in [0.2, 0.25) is 0 Å². The monoisotopic (exact) mass is 279 g/mol. The third kappa shape index (κ3) is 3.08. The van der Waals surface area contributed by atoms with Crippen LogP contribution in [0.3, 0.4) is 0 Å². The molecule has 0 fully saturated rings. The van der Waals surface area contributed by atoms with E-state index in [0.717, 1.165) is 27.9 Å². The van der Waals surface area contributed by atoms with Gasteiger partial charge < -0.3 is 4.74 Å². The highest BCUT2D eigenvalue weighted by molar-refractivity contribution is 5.82. The highest BCUT2D eigenvalue weighted by Gasteiger charge is 1.98. The number of hydrogen-bond donors (Lipinski definition) is 0. The first-order chi connectivity index (χ1) is 10.2. The van der Waals surface area contributed by atoms with E-state index < -0.39 is 0 Å². The van der Waals surface area contributed by atoms with Crippen LogP contribution in [0.2, 0.25) is 0 Å². The van der Waals surface area contributed by atoms with Crippen molar-refractivity contribution in [3.63, 3.8) is 0 Å². The van der Waals surface area contributed by atoms with Crippen LogP contribution in [0.15, 0.2) is 54.6 Å². The molecule has 1 heterocycles. The quantitative estimate of drug-likeness (QED) is 0.701. The predicted molar refractivity (Wildman–Crippen MR) is 83.6 cm³/mol. The number of methoxy groups -OCH3 is 1. The molecule has 21 heavy (non-hydrogen) atoms. The van der Waals surface area contributed by atoms with Crippen LogP contribution in [-0.4, -0.2) is 12.1 Å². The lowest BCUT2D eigenvalue weighted by Gasteiger charge is -2.02.